The summed E-state index contributed by atoms with van der Waals surface area (Å²) in [4.78, 5) is 2.01. The van der Waals surface area contributed by atoms with Gasteiger partial charge >= 0.3 is 0 Å². The van der Waals surface area contributed by atoms with Crippen molar-refractivity contribution >= 4 is 38.6 Å². The smallest absolute Gasteiger partial charge is 0.262 e. The van der Waals surface area contributed by atoms with Crippen molar-refractivity contribution in [1.82, 2.24) is 0 Å². The predicted octanol–water partition coefficient (Wildman–Crippen LogP) is 3.83. The Kier molecular flexibility index (Phi) is 4.27. The van der Waals surface area contributed by atoms with Gasteiger partial charge in [-0.25, -0.2) is 8.42 Å². The summed E-state index contributed by atoms with van der Waals surface area (Å²) < 4.78 is 32.2. The van der Waals surface area contributed by atoms with Crippen LogP contribution < -0.4 is 9.46 Å². The number of hydrogen-bond acceptors (Lipinski definition) is 4. The minimum absolute atomic E-state index is 0.298. The number of sulfonamides is 1. The summed E-state index contributed by atoms with van der Waals surface area (Å²) in [5, 5.41) is 0.353. The van der Waals surface area contributed by atoms with E-state index in [9.17, 15) is 8.42 Å². The Bertz CT molecular complexity index is 738. The first-order chi connectivity index (χ1) is 9.33. The number of ether oxygens (including phenoxy) is 1. The molecular weight excluding hydrogens is 318 g/mol. The lowest BCUT2D eigenvalue weighted by molar-refractivity contribution is 0.415. The predicted molar refractivity (Wildman–Crippen MR) is 82.6 cm³/mol. The van der Waals surface area contributed by atoms with Crippen LogP contribution in [0.15, 0.2) is 29.2 Å². The summed E-state index contributed by atoms with van der Waals surface area (Å²) in [7, 11) is -2.10. The van der Waals surface area contributed by atoms with Gasteiger partial charge in [-0.05, 0) is 38.1 Å². The normalized spacial score (nSPS) is 11.4. The van der Waals surface area contributed by atoms with Gasteiger partial charge in [0.05, 0.1) is 17.8 Å². The molecule has 0 aliphatic rings. The molecule has 0 aliphatic carbocycles. The maximum atomic E-state index is 12.3. The monoisotopic (exact) mass is 331 g/mol. The molecule has 1 aromatic carbocycles. The molecule has 20 heavy (non-hydrogen) atoms. The lowest BCUT2D eigenvalue weighted by Crippen LogP contribution is -2.13. The van der Waals surface area contributed by atoms with Crippen LogP contribution in [0.3, 0.4) is 0 Å². The SMILES string of the molecule is COc1ccc(NS(=O)(=O)c2cc(C)sc2C)cc1Cl. The highest BCUT2D eigenvalue weighted by molar-refractivity contribution is 7.93. The molecule has 0 amide bonds. The van der Waals surface area contributed by atoms with Crippen LogP contribution in [0.4, 0.5) is 5.69 Å². The third-order valence-electron chi connectivity index (χ3n) is 2.69. The van der Waals surface area contributed by atoms with Crippen LogP contribution in [0, 0.1) is 13.8 Å². The van der Waals surface area contributed by atoms with Crippen molar-refractivity contribution in [3.05, 3.63) is 39.0 Å². The van der Waals surface area contributed by atoms with Gasteiger partial charge in [0, 0.05) is 9.75 Å². The molecular formula is C13H14ClNO3S2. The van der Waals surface area contributed by atoms with Crippen molar-refractivity contribution in [2.45, 2.75) is 18.7 Å². The van der Waals surface area contributed by atoms with E-state index in [4.69, 9.17) is 16.3 Å². The second kappa shape index (κ2) is 5.63. The Morgan fingerprint density at radius 1 is 1.25 bits per heavy atom. The van der Waals surface area contributed by atoms with Crippen LogP contribution in [0.1, 0.15) is 9.75 Å². The summed E-state index contributed by atoms with van der Waals surface area (Å²) >= 11 is 7.43. The van der Waals surface area contributed by atoms with E-state index in [-0.39, 0.29) is 0 Å². The van der Waals surface area contributed by atoms with Crippen LogP contribution in [0.5, 0.6) is 5.75 Å². The zero-order valence-corrected chi connectivity index (χ0v) is 13.6. The van der Waals surface area contributed by atoms with Gasteiger partial charge in [-0.15, -0.1) is 11.3 Å². The van der Waals surface area contributed by atoms with E-state index in [0.29, 0.717) is 21.4 Å². The van der Waals surface area contributed by atoms with E-state index in [0.717, 1.165) is 9.75 Å². The summed E-state index contributed by atoms with van der Waals surface area (Å²) in [6, 6.07) is 6.41. The number of anilines is 1. The minimum atomic E-state index is -3.60. The van der Waals surface area contributed by atoms with Crippen molar-refractivity contribution in [3.63, 3.8) is 0 Å². The maximum Gasteiger partial charge on any atom is 0.262 e. The number of benzene rings is 1. The standard InChI is InChI=1S/C13H14ClNO3S2/c1-8-6-13(9(2)19-8)20(16,17)15-10-4-5-12(18-3)11(14)7-10/h4-7,15H,1-3H3. The van der Waals surface area contributed by atoms with Crippen LogP contribution in [-0.4, -0.2) is 15.5 Å². The van der Waals surface area contributed by atoms with E-state index in [1.807, 2.05) is 6.92 Å². The van der Waals surface area contributed by atoms with Crippen LogP contribution in [0.2, 0.25) is 5.02 Å². The first kappa shape index (κ1) is 15.2. The zero-order valence-electron chi connectivity index (χ0n) is 11.2. The Morgan fingerprint density at radius 2 is 1.95 bits per heavy atom. The van der Waals surface area contributed by atoms with Gasteiger partial charge in [-0.1, -0.05) is 11.6 Å². The first-order valence-electron chi connectivity index (χ1n) is 5.77. The molecule has 1 heterocycles. The summed E-state index contributed by atoms with van der Waals surface area (Å²) in [6.45, 7) is 3.66. The molecule has 0 aliphatic heterocycles. The molecule has 1 aromatic heterocycles. The summed E-state index contributed by atoms with van der Waals surface area (Å²) in [5.41, 5.74) is 0.402. The first-order valence-corrected chi connectivity index (χ1v) is 8.44. The van der Waals surface area contributed by atoms with E-state index < -0.39 is 10.0 Å². The number of halogens is 1. The maximum absolute atomic E-state index is 12.3. The lowest BCUT2D eigenvalue weighted by Gasteiger charge is -2.09. The average Bonchev–Trinajstić information content (AvgIpc) is 2.69. The number of aryl methyl sites for hydroxylation is 2. The zero-order chi connectivity index (χ0) is 14.9. The van der Waals surface area contributed by atoms with Crippen molar-refractivity contribution in [2.75, 3.05) is 11.8 Å². The van der Waals surface area contributed by atoms with Gasteiger partial charge in [0.2, 0.25) is 0 Å². The number of thiophene rings is 1. The third-order valence-corrected chi connectivity index (χ3v) is 5.59. The molecule has 1 N–H and O–H groups in total. The Hall–Kier alpha value is -1.24. The van der Waals surface area contributed by atoms with E-state index in [1.165, 1.54) is 24.5 Å². The molecule has 0 radical (unpaired) electrons. The average molecular weight is 332 g/mol. The quantitative estimate of drug-likeness (QED) is 0.926. The Labute approximate surface area is 127 Å². The van der Waals surface area contributed by atoms with Crippen LogP contribution >= 0.6 is 22.9 Å². The second-order valence-electron chi connectivity index (χ2n) is 4.23. The molecule has 4 nitrogen and oxygen atoms in total. The van der Waals surface area contributed by atoms with Crippen LogP contribution in [0.25, 0.3) is 0 Å². The molecule has 0 saturated carbocycles. The molecule has 7 heteroatoms. The molecule has 0 unspecified atom stereocenters. The lowest BCUT2D eigenvalue weighted by atomic mass is 10.3. The fourth-order valence-corrected chi connectivity index (χ4v) is 4.68. The fourth-order valence-electron chi connectivity index (χ4n) is 1.81. The van der Waals surface area contributed by atoms with E-state index in [2.05, 4.69) is 4.72 Å². The summed E-state index contributed by atoms with van der Waals surface area (Å²) in [6.07, 6.45) is 0. The highest BCUT2D eigenvalue weighted by atomic mass is 35.5. The van der Waals surface area contributed by atoms with E-state index in [1.54, 1.807) is 25.1 Å². The fraction of sp³-hybridized carbons (Fsp3) is 0.231. The van der Waals surface area contributed by atoms with Gasteiger partial charge in [-0.3, -0.25) is 4.72 Å². The highest BCUT2D eigenvalue weighted by Gasteiger charge is 2.19. The molecule has 0 spiro atoms. The van der Waals surface area contributed by atoms with Gasteiger partial charge in [-0.2, -0.15) is 0 Å². The summed E-state index contributed by atoms with van der Waals surface area (Å²) in [5.74, 6) is 0.497. The molecule has 2 aromatic rings. The second-order valence-corrected chi connectivity index (χ2v) is 7.75. The van der Waals surface area contributed by atoms with Gasteiger partial charge in [0.25, 0.3) is 10.0 Å². The molecule has 0 bridgehead atoms. The van der Waals surface area contributed by atoms with Crippen molar-refractivity contribution in [1.29, 1.82) is 0 Å². The number of hydrogen-bond donors (Lipinski definition) is 1. The number of methoxy groups -OCH3 is 1. The number of rotatable bonds is 4. The van der Waals surface area contributed by atoms with Crippen molar-refractivity contribution < 1.29 is 13.2 Å². The molecule has 0 fully saturated rings. The van der Waals surface area contributed by atoms with Gasteiger partial charge < -0.3 is 4.74 Å². The Balaban J connectivity index is 2.33. The molecule has 0 saturated heterocycles. The molecule has 108 valence electrons. The minimum Gasteiger partial charge on any atom is -0.495 e. The van der Waals surface area contributed by atoms with Gasteiger partial charge in [0.1, 0.15) is 10.6 Å². The largest absolute Gasteiger partial charge is 0.495 e. The van der Waals surface area contributed by atoms with Gasteiger partial charge in [0.15, 0.2) is 0 Å². The Morgan fingerprint density at radius 3 is 2.45 bits per heavy atom. The van der Waals surface area contributed by atoms with Crippen molar-refractivity contribution in [3.8, 4) is 5.75 Å². The number of nitrogens with one attached hydrogen (secondary N) is 1. The molecule has 2 rings (SSSR count). The van der Waals surface area contributed by atoms with Crippen molar-refractivity contribution in [2.24, 2.45) is 0 Å². The van der Waals surface area contributed by atoms with E-state index >= 15 is 0 Å². The molecule has 0 atom stereocenters. The van der Waals surface area contributed by atoms with Crippen LogP contribution in [-0.2, 0) is 10.0 Å². The topological polar surface area (TPSA) is 55.4 Å². The highest BCUT2D eigenvalue weighted by Crippen LogP contribution is 2.30. The third kappa shape index (κ3) is 3.08.